The largest absolute Gasteiger partial charge is 0.502 e. The predicted octanol–water partition coefficient (Wildman–Crippen LogP) is 1.07. The van der Waals surface area contributed by atoms with Gasteiger partial charge in [-0.2, -0.15) is 5.26 Å². The van der Waals surface area contributed by atoms with Crippen LogP contribution in [0.1, 0.15) is 5.56 Å². The zero-order chi connectivity index (χ0) is 16.1. The minimum absolute atomic E-state index is 0.123. The summed E-state index contributed by atoms with van der Waals surface area (Å²) in [7, 11) is 0. The van der Waals surface area contributed by atoms with Crippen molar-refractivity contribution < 1.29 is 19.6 Å². The van der Waals surface area contributed by atoms with E-state index in [1.54, 1.807) is 0 Å². The molecule has 1 aliphatic heterocycles. The van der Waals surface area contributed by atoms with Gasteiger partial charge < -0.3 is 14.7 Å². The molecular formula is C14H13N3O5. The molecule has 1 aliphatic rings. The second-order valence-corrected chi connectivity index (χ2v) is 4.58. The highest BCUT2D eigenvalue weighted by molar-refractivity contribution is 6.01. The number of nitro groups is 1. The number of nitro benzene ring substituents is 1. The molecule has 0 bridgehead atoms. The molecule has 1 aromatic rings. The molecule has 1 amide bonds. The maximum atomic E-state index is 12.2. The van der Waals surface area contributed by atoms with Crippen molar-refractivity contribution in [2.75, 3.05) is 26.3 Å². The number of nitrogens with zero attached hydrogens (tertiary/aromatic N) is 3. The molecule has 114 valence electrons. The van der Waals surface area contributed by atoms with Gasteiger partial charge in [0.2, 0.25) is 0 Å². The molecule has 0 aromatic heterocycles. The van der Waals surface area contributed by atoms with Crippen LogP contribution in [-0.4, -0.2) is 47.1 Å². The molecule has 1 heterocycles. The van der Waals surface area contributed by atoms with Crippen LogP contribution in [0.5, 0.6) is 5.75 Å². The number of hydrogen-bond donors (Lipinski definition) is 1. The van der Waals surface area contributed by atoms with Gasteiger partial charge in [0, 0.05) is 19.2 Å². The van der Waals surface area contributed by atoms with Crippen molar-refractivity contribution in [1.29, 1.82) is 5.26 Å². The Balaban J connectivity index is 2.29. The van der Waals surface area contributed by atoms with E-state index in [0.29, 0.717) is 31.9 Å². The van der Waals surface area contributed by atoms with Crippen LogP contribution in [0, 0.1) is 21.4 Å². The Kier molecular flexibility index (Phi) is 4.70. The van der Waals surface area contributed by atoms with Gasteiger partial charge in [-0.25, -0.2) is 0 Å². The molecule has 1 fully saturated rings. The first-order valence-electron chi connectivity index (χ1n) is 6.49. The Bertz CT molecular complexity index is 672. The highest BCUT2D eigenvalue weighted by atomic mass is 16.6. The van der Waals surface area contributed by atoms with Crippen LogP contribution < -0.4 is 0 Å². The molecule has 0 saturated carbocycles. The second kappa shape index (κ2) is 6.69. The maximum absolute atomic E-state index is 12.2. The summed E-state index contributed by atoms with van der Waals surface area (Å²) in [6, 6.07) is 5.46. The van der Waals surface area contributed by atoms with E-state index in [1.165, 1.54) is 17.0 Å². The maximum Gasteiger partial charge on any atom is 0.311 e. The number of phenols is 1. The third-order valence-corrected chi connectivity index (χ3v) is 3.16. The van der Waals surface area contributed by atoms with E-state index in [0.717, 1.165) is 12.1 Å². The van der Waals surface area contributed by atoms with E-state index in [9.17, 15) is 20.0 Å². The Labute approximate surface area is 126 Å². The fraction of sp³-hybridized carbons (Fsp3) is 0.286. The van der Waals surface area contributed by atoms with Crippen LogP contribution in [0.4, 0.5) is 5.69 Å². The van der Waals surface area contributed by atoms with Gasteiger partial charge in [0.1, 0.15) is 11.6 Å². The quantitative estimate of drug-likeness (QED) is 0.386. The van der Waals surface area contributed by atoms with E-state index in [4.69, 9.17) is 10.00 Å². The minimum atomic E-state index is -0.734. The first-order chi connectivity index (χ1) is 10.5. The summed E-state index contributed by atoms with van der Waals surface area (Å²) in [5, 5.41) is 29.3. The normalized spacial score (nSPS) is 15.2. The standard InChI is InChI=1S/C14H13N3O5/c15-9-11(14(19)16-3-5-22-6-4-16)7-10-1-2-13(18)12(8-10)17(20)21/h1-2,7-8,18H,3-6H2/b11-7-. The van der Waals surface area contributed by atoms with Crippen LogP contribution in [0.2, 0.25) is 0 Å². The van der Waals surface area contributed by atoms with Crippen LogP contribution in [0.3, 0.4) is 0 Å². The number of ether oxygens (including phenoxy) is 1. The Morgan fingerprint density at radius 2 is 2.14 bits per heavy atom. The molecule has 1 N–H and O–H groups in total. The number of carbonyl (C=O) groups excluding carboxylic acids is 1. The van der Waals surface area contributed by atoms with E-state index in [1.807, 2.05) is 6.07 Å². The number of hydrogen-bond acceptors (Lipinski definition) is 6. The first kappa shape index (κ1) is 15.5. The van der Waals surface area contributed by atoms with Crippen molar-refractivity contribution >= 4 is 17.7 Å². The number of amides is 1. The van der Waals surface area contributed by atoms with Crippen molar-refractivity contribution in [2.24, 2.45) is 0 Å². The van der Waals surface area contributed by atoms with Gasteiger partial charge in [-0.05, 0) is 17.7 Å². The molecule has 8 nitrogen and oxygen atoms in total. The molecule has 0 spiro atoms. The summed E-state index contributed by atoms with van der Waals surface area (Å²) in [5.41, 5.74) is -0.311. The van der Waals surface area contributed by atoms with Crippen LogP contribution >= 0.6 is 0 Å². The first-order valence-corrected chi connectivity index (χ1v) is 6.49. The monoisotopic (exact) mass is 303 g/mol. The minimum Gasteiger partial charge on any atom is -0.502 e. The summed E-state index contributed by atoms with van der Waals surface area (Å²) in [6.07, 6.45) is 1.27. The van der Waals surface area contributed by atoms with E-state index in [-0.39, 0.29) is 5.57 Å². The SMILES string of the molecule is N#C/C(=C/c1ccc(O)c([N+](=O)[O-])c1)C(=O)N1CCOCC1. The molecule has 0 aliphatic carbocycles. The van der Waals surface area contributed by atoms with E-state index in [2.05, 4.69) is 0 Å². The average molecular weight is 303 g/mol. The lowest BCUT2D eigenvalue weighted by Gasteiger charge is -2.26. The molecule has 1 saturated heterocycles. The zero-order valence-electron chi connectivity index (χ0n) is 11.6. The number of benzene rings is 1. The van der Waals surface area contributed by atoms with Crippen molar-refractivity contribution in [3.05, 3.63) is 39.4 Å². The lowest BCUT2D eigenvalue weighted by atomic mass is 10.1. The highest BCUT2D eigenvalue weighted by Crippen LogP contribution is 2.27. The second-order valence-electron chi connectivity index (χ2n) is 4.58. The van der Waals surface area contributed by atoms with Crippen molar-refractivity contribution in [3.63, 3.8) is 0 Å². The van der Waals surface area contributed by atoms with Gasteiger partial charge in [-0.3, -0.25) is 14.9 Å². The Hall–Kier alpha value is -2.92. The predicted molar refractivity (Wildman–Crippen MR) is 75.8 cm³/mol. The van der Waals surface area contributed by atoms with Crippen LogP contribution in [-0.2, 0) is 9.53 Å². The molecule has 0 radical (unpaired) electrons. The van der Waals surface area contributed by atoms with Crippen LogP contribution in [0.15, 0.2) is 23.8 Å². The molecule has 22 heavy (non-hydrogen) atoms. The summed E-state index contributed by atoms with van der Waals surface area (Å²) in [6.45, 7) is 1.62. The third-order valence-electron chi connectivity index (χ3n) is 3.16. The van der Waals surface area contributed by atoms with Crippen molar-refractivity contribution in [2.45, 2.75) is 0 Å². The third kappa shape index (κ3) is 3.39. The molecule has 0 unspecified atom stereocenters. The number of nitriles is 1. The topological polar surface area (TPSA) is 117 Å². The van der Waals surface area contributed by atoms with Gasteiger partial charge >= 0.3 is 5.69 Å². The lowest BCUT2D eigenvalue weighted by Crippen LogP contribution is -2.41. The van der Waals surface area contributed by atoms with E-state index < -0.39 is 22.3 Å². The number of phenolic OH excluding ortho intramolecular Hbond substituents is 1. The van der Waals surface area contributed by atoms with E-state index >= 15 is 0 Å². The van der Waals surface area contributed by atoms with Gasteiger partial charge in [0.25, 0.3) is 5.91 Å². The molecule has 8 heteroatoms. The number of morpholine rings is 1. The number of rotatable bonds is 3. The van der Waals surface area contributed by atoms with Crippen LogP contribution in [0.25, 0.3) is 6.08 Å². The van der Waals surface area contributed by atoms with Gasteiger partial charge in [-0.1, -0.05) is 6.07 Å². The zero-order valence-corrected chi connectivity index (χ0v) is 11.6. The van der Waals surface area contributed by atoms with Gasteiger partial charge in [0.05, 0.1) is 18.1 Å². The number of carbonyl (C=O) groups is 1. The molecule has 2 rings (SSSR count). The lowest BCUT2D eigenvalue weighted by molar-refractivity contribution is -0.385. The van der Waals surface area contributed by atoms with Gasteiger partial charge in [0.15, 0.2) is 5.75 Å². The average Bonchev–Trinajstić information content (AvgIpc) is 2.54. The van der Waals surface area contributed by atoms with Crippen molar-refractivity contribution in [3.8, 4) is 11.8 Å². The highest BCUT2D eigenvalue weighted by Gasteiger charge is 2.21. The Morgan fingerprint density at radius 3 is 2.73 bits per heavy atom. The summed E-state index contributed by atoms with van der Waals surface area (Å²) in [5.74, 6) is -0.915. The fourth-order valence-electron chi connectivity index (χ4n) is 2.02. The summed E-state index contributed by atoms with van der Waals surface area (Å²) >= 11 is 0. The Morgan fingerprint density at radius 1 is 1.45 bits per heavy atom. The molecule has 1 aromatic carbocycles. The summed E-state index contributed by atoms with van der Waals surface area (Å²) in [4.78, 5) is 23.8. The van der Waals surface area contributed by atoms with Crippen molar-refractivity contribution in [1.82, 2.24) is 4.90 Å². The number of aromatic hydroxyl groups is 1. The summed E-state index contributed by atoms with van der Waals surface area (Å²) < 4.78 is 5.14. The fourth-order valence-corrected chi connectivity index (χ4v) is 2.02. The molecular weight excluding hydrogens is 290 g/mol. The van der Waals surface area contributed by atoms with Gasteiger partial charge in [-0.15, -0.1) is 0 Å². The smallest absolute Gasteiger partial charge is 0.311 e. The molecule has 0 atom stereocenters.